The molecular weight excluding hydrogens is 652 g/mol. The van der Waals surface area contributed by atoms with Gasteiger partial charge in [0.1, 0.15) is 22.8 Å². The van der Waals surface area contributed by atoms with E-state index in [4.69, 9.17) is 18.9 Å². The first-order valence-electron chi connectivity index (χ1n) is 16.6. The molecule has 0 N–H and O–H groups in total. The summed E-state index contributed by atoms with van der Waals surface area (Å²) in [6.45, 7) is 20.9. The van der Waals surface area contributed by atoms with Crippen LogP contribution in [-0.4, -0.2) is 26.0 Å². The van der Waals surface area contributed by atoms with Gasteiger partial charge < -0.3 is 18.9 Å². The number of ether oxygens (including phenoxy) is 4. The Hall–Kier alpha value is -3.51. The van der Waals surface area contributed by atoms with Crippen LogP contribution in [0.2, 0.25) is 0 Å². The summed E-state index contributed by atoms with van der Waals surface area (Å²) < 4.78 is 23.2. The lowest BCUT2D eigenvalue weighted by Crippen LogP contribution is -2.26. The van der Waals surface area contributed by atoms with E-state index >= 15 is 0 Å². The molecule has 0 aliphatic carbocycles. The fraction of sp³-hybridized carbons (Fsp3) is 0.439. The van der Waals surface area contributed by atoms with Crippen molar-refractivity contribution in [2.75, 3.05) is 14.2 Å². The summed E-state index contributed by atoms with van der Waals surface area (Å²) in [6.07, 6.45) is 3.13. The number of hydrogen-bond acceptors (Lipinski definition) is 5. The van der Waals surface area contributed by atoms with Crippen LogP contribution in [0.15, 0.2) is 49.0 Å². The van der Waals surface area contributed by atoms with Crippen LogP contribution in [0.5, 0.6) is 17.2 Å². The zero-order valence-electron chi connectivity index (χ0n) is 29.9. The maximum absolute atomic E-state index is 13.0. The van der Waals surface area contributed by atoms with Crippen molar-refractivity contribution in [1.82, 2.24) is 0 Å². The van der Waals surface area contributed by atoms with Gasteiger partial charge in [-0.05, 0) is 129 Å². The van der Waals surface area contributed by atoms with Gasteiger partial charge in [0.15, 0.2) is 0 Å². The predicted molar refractivity (Wildman–Crippen MR) is 200 cm³/mol. The normalized spacial score (nSPS) is 12.4. The summed E-state index contributed by atoms with van der Waals surface area (Å²) in [6, 6.07) is 14.6. The van der Waals surface area contributed by atoms with Crippen molar-refractivity contribution in [3.63, 3.8) is 0 Å². The molecule has 0 bridgehead atoms. The standard InChI is InChI=1S/C41H51BrO5/c1-24(2)36-27(6)22-32-28(14-12-16-34(32)44-10)29(36)20-18-26(5)19-21-30-33(23-42)37(25(3)4)39(46-40(43)47-41(7,8)9)31-15-13-17-35(45-11)38(30)31/h12-17,22,24,26H,3,18-21,23H2,1-2,4-11H3. The smallest absolute Gasteiger partial charge is 0.496 e. The number of fused-ring (bicyclic) bond motifs is 2. The van der Waals surface area contributed by atoms with Crippen molar-refractivity contribution in [2.45, 2.75) is 97.9 Å². The highest BCUT2D eigenvalue weighted by Gasteiger charge is 2.27. The van der Waals surface area contributed by atoms with Gasteiger partial charge in [-0.3, -0.25) is 0 Å². The first-order chi connectivity index (χ1) is 22.2. The topological polar surface area (TPSA) is 54.0 Å². The van der Waals surface area contributed by atoms with Gasteiger partial charge in [-0.2, -0.15) is 0 Å². The molecule has 0 radical (unpaired) electrons. The molecule has 6 heteroatoms. The van der Waals surface area contributed by atoms with E-state index in [2.05, 4.69) is 68.4 Å². The Balaban J connectivity index is 1.73. The van der Waals surface area contributed by atoms with Gasteiger partial charge in [-0.1, -0.05) is 67.5 Å². The third-order valence-corrected chi connectivity index (χ3v) is 9.46. The Morgan fingerprint density at radius 3 is 2.02 bits per heavy atom. The number of rotatable bonds is 12. The third-order valence-electron chi connectivity index (χ3n) is 8.89. The fourth-order valence-corrected chi connectivity index (χ4v) is 7.54. The number of aryl methyl sites for hydroxylation is 3. The SMILES string of the molecule is C=C(C)c1c(CBr)c(CCC(C)CCc2c(C(C)C)c(C)cc3c(OC)cccc23)c2c(OC)cccc2c1OC(=O)OC(C)(C)C. The lowest BCUT2D eigenvalue weighted by molar-refractivity contribution is 0.0208. The monoisotopic (exact) mass is 702 g/mol. The second-order valence-corrected chi connectivity index (χ2v) is 14.6. The first kappa shape index (κ1) is 36.3. The number of allylic oxidation sites excluding steroid dienone is 1. The number of halogens is 1. The molecule has 0 aliphatic heterocycles. The molecule has 4 rings (SSSR count). The lowest BCUT2D eigenvalue weighted by atomic mass is 9.83. The van der Waals surface area contributed by atoms with Crippen molar-refractivity contribution in [1.29, 1.82) is 0 Å². The fourth-order valence-electron chi connectivity index (χ4n) is 6.92. The highest BCUT2D eigenvalue weighted by atomic mass is 79.9. The van der Waals surface area contributed by atoms with Crippen LogP contribution in [0.25, 0.3) is 27.1 Å². The van der Waals surface area contributed by atoms with E-state index in [9.17, 15) is 4.79 Å². The molecule has 0 saturated carbocycles. The second kappa shape index (κ2) is 15.1. The molecule has 252 valence electrons. The molecule has 1 atom stereocenters. The largest absolute Gasteiger partial charge is 0.514 e. The molecular formula is C41H51BrO5. The Bertz CT molecular complexity index is 1780. The Morgan fingerprint density at radius 2 is 1.47 bits per heavy atom. The van der Waals surface area contributed by atoms with E-state index < -0.39 is 11.8 Å². The minimum Gasteiger partial charge on any atom is -0.496 e. The van der Waals surface area contributed by atoms with E-state index in [1.807, 2.05) is 52.0 Å². The van der Waals surface area contributed by atoms with Crippen LogP contribution < -0.4 is 14.2 Å². The van der Waals surface area contributed by atoms with Crippen LogP contribution in [0.4, 0.5) is 4.79 Å². The average molecular weight is 704 g/mol. The van der Waals surface area contributed by atoms with Gasteiger partial charge in [0.05, 0.1) is 14.2 Å². The lowest BCUT2D eigenvalue weighted by Gasteiger charge is -2.25. The van der Waals surface area contributed by atoms with Crippen LogP contribution in [0, 0.1) is 12.8 Å². The van der Waals surface area contributed by atoms with Gasteiger partial charge in [0.2, 0.25) is 0 Å². The molecule has 0 amide bonds. The van der Waals surface area contributed by atoms with Crippen LogP contribution in [-0.2, 0) is 22.9 Å². The van der Waals surface area contributed by atoms with Gasteiger partial charge >= 0.3 is 6.16 Å². The average Bonchev–Trinajstić information content (AvgIpc) is 3.00. The summed E-state index contributed by atoms with van der Waals surface area (Å²) in [4.78, 5) is 13.0. The maximum Gasteiger partial charge on any atom is 0.514 e. The summed E-state index contributed by atoms with van der Waals surface area (Å²) >= 11 is 3.78. The van der Waals surface area contributed by atoms with E-state index in [1.165, 1.54) is 33.0 Å². The molecule has 1 unspecified atom stereocenters. The van der Waals surface area contributed by atoms with Gasteiger partial charge in [-0.15, -0.1) is 0 Å². The molecule has 0 saturated heterocycles. The van der Waals surface area contributed by atoms with Crippen molar-refractivity contribution in [3.05, 3.63) is 82.4 Å². The predicted octanol–water partition coefficient (Wildman–Crippen LogP) is 11.9. The molecule has 0 fully saturated rings. The zero-order valence-corrected chi connectivity index (χ0v) is 31.4. The third kappa shape index (κ3) is 7.97. The summed E-state index contributed by atoms with van der Waals surface area (Å²) in [5.74, 6) is 3.00. The van der Waals surface area contributed by atoms with Crippen molar-refractivity contribution >= 4 is 49.2 Å². The number of benzene rings is 4. The quantitative estimate of drug-likeness (QED) is 0.0835. The highest BCUT2D eigenvalue weighted by Crippen LogP contribution is 2.45. The molecule has 4 aromatic rings. The molecule has 0 aliphatic rings. The second-order valence-electron chi connectivity index (χ2n) is 14.0. The number of hydrogen-bond donors (Lipinski definition) is 0. The van der Waals surface area contributed by atoms with E-state index in [1.54, 1.807) is 14.2 Å². The summed E-state index contributed by atoms with van der Waals surface area (Å²) in [7, 11) is 3.43. The zero-order chi connectivity index (χ0) is 34.6. The summed E-state index contributed by atoms with van der Waals surface area (Å²) in [5, 5.41) is 4.81. The van der Waals surface area contributed by atoms with Gasteiger partial charge in [0.25, 0.3) is 0 Å². The minimum atomic E-state index is -0.743. The minimum absolute atomic E-state index is 0.429. The number of methoxy groups -OCH3 is 2. The molecule has 0 aromatic heterocycles. The maximum atomic E-state index is 13.0. The van der Waals surface area contributed by atoms with Crippen LogP contribution in [0.1, 0.15) is 101 Å². The van der Waals surface area contributed by atoms with Crippen molar-refractivity contribution < 1.29 is 23.7 Å². The number of alkyl halides is 1. The highest BCUT2D eigenvalue weighted by molar-refractivity contribution is 9.08. The van der Waals surface area contributed by atoms with Crippen molar-refractivity contribution in [3.8, 4) is 17.2 Å². The number of carbonyl (C=O) groups is 1. The molecule has 5 nitrogen and oxygen atoms in total. The molecule has 4 aromatic carbocycles. The van der Waals surface area contributed by atoms with Crippen LogP contribution in [0.3, 0.4) is 0 Å². The first-order valence-corrected chi connectivity index (χ1v) is 17.7. The van der Waals surface area contributed by atoms with Crippen molar-refractivity contribution in [2.24, 2.45) is 5.92 Å². The molecule has 0 spiro atoms. The summed E-state index contributed by atoms with van der Waals surface area (Å²) in [5.41, 5.74) is 7.40. The van der Waals surface area contributed by atoms with E-state index in [0.29, 0.717) is 22.9 Å². The Kier molecular flexibility index (Phi) is 11.7. The van der Waals surface area contributed by atoms with E-state index in [-0.39, 0.29) is 0 Å². The van der Waals surface area contributed by atoms with Gasteiger partial charge in [-0.25, -0.2) is 4.79 Å². The molecule has 0 heterocycles. The van der Waals surface area contributed by atoms with Crippen LogP contribution >= 0.6 is 15.9 Å². The Labute approximate surface area is 289 Å². The van der Waals surface area contributed by atoms with Gasteiger partial charge in [0, 0.05) is 27.1 Å². The Morgan fingerprint density at radius 1 is 0.872 bits per heavy atom. The number of carbonyl (C=O) groups excluding carboxylic acids is 1. The van der Waals surface area contributed by atoms with E-state index in [0.717, 1.165) is 64.7 Å². The molecule has 47 heavy (non-hydrogen) atoms.